The predicted octanol–water partition coefficient (Wildman–Crippen LogP) is 6.37. The summed E-state index contributed by atoms with van der Waals surface area (Å²) in [6, 6.07) is 26.9. The fourth-order valence-corrected chi connectivity index (χ4v) is 3.42. The maximum absolute atomic E-state index is 5.74. The minimum absolute atomic E-state index is 0.0547. The first kappa shape index (κ1) is 17.2. The third kappa shape index (κ3) is 3.28. The molecule has 0 N–H and O–H groups in total. The van der Waals surface area contributed by atoms with E-state index in [4.69, 9.17) is 4.52 Å². The number of nitrogens with zero attached hydrogens (tertiary/aromatic N) is 2. The minimum atomic E-state index is -0.0547. The van der Waals surface area contributed by atoms with E-state index in [0.29, 0.717) is 5.76 Å². The number of hydrogen-bond acceptors (Lipinski definition) is 3. The Balaban J connectivity index is 2.02. The third-order valence-electron chi connectivity index (χ3n) is 4.72. The van der Waals surface area contributed by atoms with Gasteiger partial charge >= 0.3 is 0 Å². The summed E-state index contributed by atoms with van der Waals surface area (Å²) in [5, 5.41) is 8.21. The molecule has 0 atom stereocenters. The van der Waals surface area contributed by atoms with E-state index in [9.17, 15) is 0 Å². The van der Waals surface area contributed by atoms with E-state index >= 15 is 0 Å². The van der Waals surface area contributed by atoms with Crippen molar-refractivity contribution >= 4 is 0 Å². The fraction of sp³-hybridized carbons (Fsp3) is 0.167. The van der Waals surface area contributed by atoms with Gasteiger partial charge in [-0.15, -0.1) is 5.10 Å². The van der Waals surface area contributed by atoms with Crippen LogP contribution in [0.4, 0.5) is 0 Å². The van der Waals surface area contributed by atoms with Crippen LogP contribution < -0.4 is 0 Å². The lowest BCUT2D eigenvalue weighted by molar-refractivity contribution is 0.402. The molecule has 1 heterocycles. The average molecular weight is 354 g/mol. The van der Waals surface area contributed by atoms with Crippen molar-refractivity contribution in [3.05, 3.63) is 84.4 Å². The van der Waals surface area contributed by atoms with Crippen molar-refractivity contribution < 1.29 is 4.52 Å². The number of rotatable bonds is 3. The van der Waals surface area contributed by atoms with E-state index in [1.807, 2.05) is 36.4 Å². The highest BCUT2D eigenvalue weighted by atomic mass is 16.5. The zero-order valence-corrected chi connectivity index (χ0v) is 15.8. The largest absolute Gasteiger partial charge is 0.336 e. The smallest absolute Gasteiger partial charge is 0.196 e. The summed E-state index contributed by atoms with van der Waals surface area (Å²) >= 11 is 0. The summed E-state index contributed by atoms with van der Waals surface area (Å²) in [5.41, 5.74) is 6.24. The van der Waals surface area contributed by atoms with Crippen molar-refractivity contribution in [2.24, 2.45) is 0 Å². The first-order valence-corrected chi connectivity index (χ1v) is 9.13. The van der Waals surface area contributed by atoms with Crippen molar-refractivity contribution in [1.29, 1.82) is 0 Å². The molecule has 1 aromatic heterocycles. The fourth-order valence-electron chi connectivity index (χ4n) is 3.42. The summed E-state index contributed by atoms with van der Waals surface area (Å²) in [7, 11) is 0. The maximum Gasteiger partial charge on any atom is 0.196 e. The first-order valence-electron chi connectivity index (χ1n) is 9.13. The Labute approximate surface area is 159 Å². The van der Waals surface area contributed by atoms with Gasteiger partial charge < -0.3 is 4.52 Å². The lowest BCUT2D eigenvalue weighted by Gasteiger charge is -2.24. The Morgan fingerprint density at radius 2 is 1.33 bits per heavy atom. The Bertz CT molecular complexity index is 1040. The molecule has 134 valence electrons. The molecule has 0 saturated carbocycles. The lowest BCUT2D eigenvalue weighted by atomic mass is 9.79. The molecule has 0 fully saturated rings. The van der Waals surface area contributed by atoms with Gasteiger partial charge in [-0.1, -0.05) is 99.6 Å². The minimum Gasteiger partial charge on any atom is -0.336 e. The van der Waals surface area contributed by atoms with E-state index < -0.39 is 0 Å². The van der Waals surface area contributed by atoms with Gasteiger partial charge in [-0.05, 0) is 22.1 Å². The quantitative estimate of drug-likeness (QED) is 0.429. The van der Waals surface area contributed by atoms with Crippen molar-refractivity contribution in [3.63, 3.8) is 0 Å². The molecule has 4 aromatic rings. The standard InChI is InChI=1S/C24H22N2O/c1-24(2,3)20-16-10-15-19(17-11-6-4-7-12-17)21(20)23-22(25-26-27-23)18-13-8-5-9-14-18/h4-16H,1-3H3. The zero-order chi connectivity index (χ0) is 18.9. The SMILES string of the molecule is CC(C)(C)c1cccc(-c2ccccc2)c1-c1onnc1-c1ccccc1. The van der Waals surface area contributed by atoms with Crippen molar-refractivity contribution in [3.8, 4) is 33.7 Å². The predicted molar refractivity (Wildman–Crippen MR) is 109 cm³/mol. The molecule has 27 heavy (non-hydrogen) atoms. The van der Waals surface area contributed by atoms with E-state index in [0.717, 1.165) is 27.9 Å². The van der Waals surface area contributed by atoms with Crippen LogP contribution >= 0.6 is 0 Å². The van der Waals surface area contributed by atoms with E-state index in [2.05, 4.69) is 73.6 Å². The van der Waals surface area contributed by atoms with Gasteiger partial charge in [0.1, 0.15) is 5.69 Å². The third-order valence-corrected chi connectivity index (χ3v) is 4.72. The second-order valence-corrected chi connectivity index (χ2v) is 7.66. The van der Waals surface area contributed by atoms with Crippen molar-refractivity contribution in [1.82, 2.24) is 10.4 Å². The molecule has 0 saturated heterocycles. The van der Waals surface area contributed by atoms with Crippen molar-refractivity contribution in [2.45, 2.75) is 26.2 Å². The Hall–Kier alpha value is -3.20. The molecule has 3 heteroatoms. The van der Waals surface area contributed by atoms with Gasteiger partial charge in [0.15, 0.2) is 5.76 Å². The Morgan fingerprint density at radius 3 is 1.96 bits per heavy atom. The molecule has 0 aliphatic carbocycles. The maximum atomic E-state index is 5.74. The van der Waals surface area contributed by atoms with Gasteiger partial charge in [0.25, 0.3) is 0 Å². The van der Waals surface area contributed by atoms with Crippen LogP contribution in [0.5, 0.6) is 0 Å². The van der Waals surface area contributed by atoms with Crippen LogP contribution in [0.1, 0.15) is 26.3 Å². The molecule has 3 aromatic carbocycles. The highest BCUT2D eigenvalue weighted by Gasteiger charge is 2.26. The molecular formula is C24H22N2O. The van der Waals surface area contributed by atoms with Gasteiger partial charge in [-0.2, -0.15) is 0 Å². The summed E-state index contributed by atoms with van der Waals surface area (Å²) in [6.07, 6.45) is 0. The molecule has 3 nitrogen and oxygen atoms in total. The molecular weight excluding hydrogens is 332 g/mol. The second kappa shape index (κ2) is 6.84. The lowest BCUT2D eigenvalue weighted by Crippen LogP contribution is -2.13. The van der Waals surface area contributed by atoms with E-state index in [1.165, 1.54) is 5.56 Å². The van der Waals surface area contributed by atoms with Crippen molar-refractivity contribution in [2.75, 3.05) is 0 Å². The molecule has 0 aliphatic heterocycles. The average Bonchev–Trinajstić information content (AvgIpc) is 3.17. The first-order chi connectivity index (χ1) is 13.1. The van der Waals surface area contributed by atoms with E-state index in [-0.39, 0.29) is 5.41 Å². The summed E-state index contributed by atoms with van der Waals surface area (Å²) < 4.78 is 5.74. The molecule has 0 unspecified atom stereocenters. The van der Waals surface area contributed by atoms with Gasteiger partial charge in [0.05, 0.1) is 0 Å². The molecule has 0 aliphatic rings. The molecule has 0 amide bonds. The van der Waals surface area contributed by atoms with Crippen LogP contribution in [0, 0.1) is 0 Å². The van der Waals surface area contributed by atoms with Crippen LogP contribution in [-0.2, 0) is 5.41 Å². The molecule has 0 radical (unpaired) electrons. The van der Waals surface area contributed by atoms with Crippen LogP contribution in [0.2, 0.25) is 0 Å². The highest BCUT2D eigenvalue weighted by molar-refractivity contribution is 5.89. The van der Waals surface area contributed by atoms with Crippen LogP contribution in [0.15, 0.2) is 83.4 Å². The number of aromatic nitrogens is 2. The van der Waals surface area contributed by atoms with Gasteiger partial charge in [0, 0.05) is 16.4 Å². The number of hydrogen-bond donors (Lipinski definition) is 0. The molecule has 0 bridgehead atoms. The summed E-state index contributed by atoms with van der Waals surface area (Å²) in [5.74, 6) is 0.713. The summed E-state index contributed by atoms with van der Waals surface area (Å²) in [6.45, 7) is 6.64. The summed E-state index contributed by atoms with van der Waals surface area (Å²) in [4.78, 5) is 0. The van der Waals surface area contributed by atoms with Crippen LogP contribution in [0.3, 0.4) is 0 Å². The van der Waals surface area contributed by atoms with Crippen LogP contribution in [-0.4, -0.2) is 10.4 Å². The van der Waals surface area contributed by atoms with Crippen LogP contribution in [0.25, 0.3) is 33.7 Å². The van der Waals surface area contributed by atoms with Gasteiger partial charge in [-0.25, -0.2) is 0 Å². The second-order valence-electron chi connectivity index (χ2n) is 7.66. The zero-order valence-electron chi connectivity index (χ0n) is 15.8. The molecule has 4 rings (SSSR count). The Morgan fingerprint density at radius 1 is 0.704 bits per heavy atom. The number of benzene rings is 3. The normalized spacial score (nSPS) is 11.5. The van der Waals surface area contributed by atoms with Gasteiger partial charge in [-0.3, -0.25) is 0 Å². The monoisotopic (exact) mass is 354 g/mol. The van der Waals surface area contributed by atoms with E-state index in [1.54, 1.807) is 0 Å². The Kier molecular flexibility index (Phi) is 4.36. The highest BCUT2D eigenvalue weighted by Crippen LogP contribution is 2.43. The molecule has 0 spiro atoms. The van der Waals surface area contributed by atoms with Gasteiger partial charge in [0.2, 0.25) is 0 Å². The topological polar surface area (TPSA) is 38.9 Å².